The number of nitrogens with two attached hydrogens (primary N) is 1. The summed E-state index contributed by atoms with van der Waals surface area (Å²) < 4.78 is 32.9. The lowest BCUT2D eigenvalue weighted by Gasteiger charge is -2.19. The topological polar surface area (TPSA) is 134 Å². The van der Waals surface area contributed by atoms with E-state index in [1.54, 1.807) is 0 Å². The van der Waals surface area contributed by atoms with E-state index in [4.69, 9.17) is 24.3 Å². The van der Waals surface area contributed by atoms with Gasteiger partial charge in [-0.15, -0.1) is 0 Å². The van der Waals surface area contributed by atoms with Gasteiger partial charge < -0.3 is 20.1 Å². The summed E-state index contributed by atoms with van der Waals surface area (Å²) in [4.78, 5) is 35.0. The first kappa shape index (κ1) is 55.5. The Labute approximate surface area is 351 Å². The lowest BCUT2D eigenvalue weighted by molar-refractivity contribution is -0.161. The van der Waals surface area contributed by atoms with Crippen molar-refractivity contribution in [1.29, 1.82) is 0 Å². The van der Waals surface area contributed by atoms with Crippen LogP contribution in [0, 0.1) is 0 Å². The van der Waals surface area contributed by atoms with Gasteiger partial charge >= 0.3 is 19.8 Å². The maximum atomic E-state index is 12.6. The molecule has 336 valence electrons. The first-order chi connectivity index (χ1) is 27.8. The van der Waals surface area contributed by atoms with E-state index in [-0.39, 0.29) is 38.6 Å². The van der Waals surface area contributed by atoms with Gasteiger partial charge in [-0.05, 0) is 44.9 Å². The third-order valence-electron chi connectivity index (χ3n) is 10.3. The van der Waals surface area contributed by atoms with E-state index < -0.39 is 26.5 Å². The van der Waals surface area contributed by atoms with Crippen LogP contribution in [-0.2, 0) is 32.7 Å². The standard InChI is InChI=1S/C47H90NO8P/c1-3-5-7-9-11-13-15-17-19-21-22-24-26-28-30-32-34-36-38-40-47(50)56-45(44-55-57(51,52)54-42-41-48)43-53-46(49)39-37-35-33-31-29-27-25-23-20-18-16-14-12-10-8-6-4-2/h11,13,17,19,45H,3-10,12,14-16,18,20-44,48H2,1-2H3,(H,51,52). The molecular weight excluding hydrogens is 737 g/mol. The second kappa shape index (κ2) is 44.1. The molecule has 0 aromatic heterocycles. The average molecular weight is 828 g/mol. The highest BCUT2D eigenvalue weighted by Gasteiger charge is 2.26. The quantitative estimate of drug-likeness (QED) is 0.0266. The second-order valence-corrected chi connectivity index (χ2v) is 17.4. The van der Waals surface area contributed by atoms with Gasteiger partial charge in [0.2, 0.25) is 0 Å². The third-order valence-corrected chi connectivity index (χ3v) is 11.3. The van der Waals surface area contributed by atoms with Crippen LogP contribution in [0.25, 0.3) is 0 Å². The number of hydrogen-bond donors (Lipinski definition) is 2. The zero-order valence-electron chi connectivity index (χ0n) is 37.1. The molecule has 0 aliphatic carbocycles. The Morgan fingerprint density at radius 3 is 1.37 bits per heavy atom. The molecule has 57 heavy (non-hydrogen) atoms. The van der Waals surface area contributed by atoms with Gasteiger partial charge in [0.05, 0.1) is 13.2 Å². The van der Waals surface area contributed by atoms with Crippen LogP contribution in [0.15, 0.2) is 24.3 Å². The van der Waals surface area contributed by atoms with E-state index in [0.717, 1.165) is 51.4 Å². The highest BCUT2D eigenvalue weighted by molar-refractivity contribution is 7.47. The summed E-state index contributed by atoms with van der Waals surface area (Å²) in [6.45, 7) is 3.74. The number of carbonyl (C=O) groups is 2. The van der Waals surface area contributed by atoms with E-state index >= 15 is 0 Å². The minimum Gasteiger partial charge on any atom is -0.462 e. The monoisotopic (exact) mass is 828 g/mol. The number of carbonyl (C=O) groups excluding carboxylic acids is 2. The second-order valence-electron chi connectivity index (χ2n) is 16.0. The van der Waals surface area contributed by atoms with Gasteiger partial charge in [0.25, 0.3) is 0 Å². The van der Waals surface area contributed by atoms with Crippen molar-refractivity contribution in [3.63, 3.8) is 0 Å². The molecule has 0 radical (unpaired) electrons. The fourth-order valence-corrected chi connectivity index (χ4v) is 7.55. The summed E-state index contributed by atoms with van der Waals surface area (Å²) in [6, 6.07) is 0. The smallest absolute Gasteiger partial charge is 0.462 e. The molecule has 0 spiro atoms. The molecule has 0 aliphatic heterocycles. The van der Waals surface area contributed by atoms with Crippen molar-refractivity contribution in [2.24, 2.45) is 5.73 Å². The van der Waals surface area contributed by atoms with Gasteiger partial charge in [0, 0.05) is 19.4 Å². The molecule has 10 heteroatoms. The highest BCUT2D eigenvalue weighted by atomic mass is 31.2. The van der Waals surface area contributed by atoms with Crippen LogP contribution in [0.1, 0.15) is 232 Å². The van der Waals surface area contributed by atoms with E-state index in [1.165, 1.54) is 148 Å². The lowest BCUT2D eigenvalue weighted by atomic mass is 10.0. The maximum absolute atomic E-state index is 12.6. The Hall–Kier alpha value is -1.51. The predicted octanol–water partition coefficient (Wildman–Crippen LogP) is 13.9. The molecule has 0 heterocycles. The van der Waals surface area contributed by atoms with Crippen molar-refractivity contribution in [3.8, 4) is 0 Å². The number of ether oxygens (including phenoxy) is 2. The third kappa shape index (κ3) is 43.9. The van der Waals surface area contributed by atoms with Crippen LogP contribution in [-0.4, -0.2) is 49.3 Å². The molecule has 0 saturated carbocycles. The molecule has 2 atom stereocenters. The summed E-state index contributed by atoms with van der Waals surface area (Å²) in [5, 5.41) is 0. The number of rotatable bonds is 45. The average Bonchev–Trinajstić information content (AvgIpc) is 3.20. The van der Waals surface area contributed by atoms with E-state index in [2.05, 4.69) is 38.2 Å². The molecule has 0 fully saturated rings. The molecule has 0 rings (SSSR count). The summed E-state index contributed by atoms with van der Waals surface area (Å²) in [5.74, 6) is -0.822. The Bertz CT molecular complexity index is 990. The van der Waals surface area contributed by atoms with Crippen LogP contribution < -0.4 is 5.73 Å². The molecule has 9 nitrogen and oxygen atoms in total. The molecule has 0 bridgehead atoms. The number of esters is 2. The number of phosphoric ester groups is 1. The van der Waals surface area contributed by atoms with Gasteiger partial charge in [-0.3, -0.25) is 18.6 Å². The maximum Gasteiger partial charge on any atom is 0.472 e. The Balaban J connectivity index is 4.07. The molecule has 3 N–H and O–H groups in total. The van der Waals surface area contributed by atoms with Crippen LogP contribution >= 0.6 is 7.82 Å². The summed E-state index contributed by atoms with van der Waals surface area (Å²) in [7, 11) is -4.38. The summed E-state index contributed by atoms with van der Waals surface area (Å²) in [5.41, 5.74) is 5.36. The molecule has 0 aliphatic rings. The number of hydrogen-bond acceptors (Lipinski definition) is 8. The van der Waals surface area contributed by atoms with Gasteiger partial charge in [-0.2, -0.15) is 0 Å². The molecule has 0 saturated heterocycles. The number of allylic oxidation sites excluding steroid dienone is 4. The van der Waals surface area contributed by atoms with Crippen molar-refractivity contribution >= 4 is 19.8 Å². The molecule has 2 unspecified atom stereocenters. The van der Waals surface area contributed by atoms with E-state index in [0.29, 0.717) is 6.42 Å². The minimum atomic E-state index is -4.38. The van der Waals surface area contributed by atoms with Crippen LogP contribution in [0.5, 0.6) is 0 Å². The summed E-state index contributed by atoms with van der Waals surface area (Å²) in [6.07, 6.45) is 47.7. The molecule has 0 aromatic carbocycles. The molecule has 0 amide bonds. The van der Waals surface area contributed by atoms with Crippen molar-refractivity contribution in [2.45, 2.75) is 238 Å². The fourth-order valence-electron chi connectivity index (χ4n) is 6.78. The van der Waals surface area contributed by atoms with Crippen molar-refractivity contribution < 1.29 is 37.6 Å². The van der Waals surface area contributed by atoms with Crippen LogP contribution in [0.3, 0.4) is 0 Å². The molecule has 0 aromatic rings. The highest BCUT2D eigenvalue weighted by Crippen LogP contribution is 2.43. The Kier molecular flexibility index (Phi) is 42.9. The SMILES string of the molecule is CCCCCC=CCC=CCCCCCCCCCCCC(=O)OC(COC(=O)CCCCCCCCCCCCCCCCCCC)COP(=O)(O)OCCN. The van der Waals surface area contributed by atoms with Crippen molar-refractivity contribution in [1.82, 2.24) is 0 Å². The zero-order valence-corrected chi connectivity index (χ0v) is 38.0. The fraction of sp³-hybridized carbons (Fsp3) is 0.872. The van der Waals surface area contributed by atoms with Crippen molar-refractivity contribution in [3.05, 3.63) is 24.3 Å². The number of unbranched alkanes of at least 4 members (excludes halogenated alkanes) is 28. The predicted molar refractivity (Wildman–Crippen MR) is 238 cm³/mol. The lowest BCUT2D eigenvalue weighted by Crippen LogP contribution is -2.29. The van der Waals surface area contributed by atoms with Gasteiger partial charge in [-0.25, -0.2) is 4.57 Å². The normalized spacial score (nSPS) is 13.4. The van der Waals surface area contributed by atoms with Gasteiger partial charge in [0.1, 0.15) is 6.61 Å². The summed E-state index contributed by atoms with van der Waals surface area (Å²) >= 11 is 0. The van der Waals surface area contributed by atoms with Crippen LogP contribution in [0.4, 0.5) is 0 Å². The van der Waals surface area contributed by atoms with E-state index in [1.807, 2.05) is 0 Å². The minimum absolute atomic E-state index is 0.0545. The Morgan fingerprint density at radius 1 is 0.526 bits per heavy atom. The Morgan fingerprint density at radius 2 is 0.912 bits per heavy atom. The molecular formula is C47H90NO8P. The number of phosphoric acid groups is 1. The first-order valence-corrected chi connectivity index (χ1v) is 25.3. The van der Waals surface area contributed by atoms with Crippen LogP contribution in [0.2, 0.25) is 0 Å². The largest absolute Gasteiger partial charge is 0.472 e. The van der Waals surface area contributed by atoms with E-state index in [9.17, 15) is 19.0 Å². The zero-order chi connectivity index (χ0) is 41.8. The van der Waals surface area contributed by atoms with Crippen molar-refractivity contribution in [2.75, 3.05) is 26.4 Å². The first-order valence-electron chi connectivity index (χ1n) is 23.8. The van der Waals surface area contributed by atoms with Gasteiger partial charge in [0.15, 0.2) is 6.10 Å². The van der Waals surface area contributed by atoms with Gasteiger partial charge in [-0.1, -0.05) is 199 Å².